The molecule has 1 fully saturated rings. The maximum Gasteiger partial charge on any atom is 0.0926 e. The van der Waals surface area contributed by atoms with E-state index in [0.717, 1.165) is 11.9 Å². The number of H-pyrrole nitrogens is 1. The predicted octanol–water partition coefficient (Wildman–Crippen LogP) is 5.89. The van der Waals surface area contributed by atoms with Crippen LogP contribution in [0.3, 0.4) is 0 Å². The summed E-state index contributed by atoms with van der Waals surface area (Å²) in [5.41, 5.74) is 6.34. The van der Waals surface area contributed by atoms with E-state index in [1.165, 1.54) is 53.8 Å². The van der Waals surface area contributed by atoms with Crippen molar-refractivity contribution in [3.63, 3.8) is 0 Å². The molecule has 2 N–H and O–H groups in total. The number of aromatic amines is 1. The third-order valence-electron chi connectivity index (χ3n) is 6.75. The molecular weight excluding hydrogens is 380 g/mol. The minimum Gasteiger partial charge on any atom is -0.382 e. The fourth-order valence-electron chi connectivity index (χ4n) is 4.77. The van der Waals surface area contributed by atoms with Crippen molar-refractivity contribution in [2.75, 3.05) is 25.5 Å². The van der Waals surface area contributed by atoms with Crippen molar-refractivity contribution in [2.24, 2.45) is 0 Å². The van der Waals surface area contributed by atoms with E-state index in [0.29, 0.717) is 6.04 Å². The van der Waals surface area contributed by atoms with E-state index in [1.54, 1.807) is 0 Å². The molecular formula is C27H38N4. The van der Waals surface area contributed by atoms with Gasteiger partial charge in [-0.15, -0.1) is 0 Å². The summed E-state index contributed by atoms with van der Waals surface area (Å²) < 4.78 is 0. The first kappa shape index (κ1) is 21.9. The molecule has 1 aromatic heterocycles. The molecule has 4 heteroatoms. The van der Waals surface area contributed by atoms with Gasteiger partial charge >= 0.3 is 0 Å². The first-order chi connectivity index (χ1) is 14.6. The molecule has 2 heterocycles. The number of benzene rings is 2. The fourth-order valence-corrected chi connectivity index (χ4v) is 4.77. The number of fused-ring (bicyclic) bond motifs is 1. The Morgan fingerprint density at radius 1 is 1.03 bits per heavy atom. The molecule has 1 aliphatic rings. The highest BCUT2D eigenvalue weighted by molar-refractivity contribution is 5.83. The summed E-state index contributed by atoms with van der Waals surface area (Å²) in [6.07, 6.45) is 3.41. The highest BCUT2D eigenvalue weighted by Gasteiger charge is 2.24. The lowest BCUT2D eigenvalue weighted by Gasteiger charge is -2.31. The molecule has 0 atom stereocenters. The summed E-state index contributed by atoms with van der Waals surface area (Å²) >= 11 is 0. The number of nitrogens with one attached hydrogen (secondary N) is 2. The lowest BCUT2D eigenvalue weighted by atomic mass is 9.79. The number of hydrogen-bond acceptors (Lipinski definition) is 3. The molecule has 4 rings (SSSR count). The highest BCUT2D eigenvalue weighted by atomic mass is 15.1. The maximum atomic E-state index is 4.59. The second-order valence-electron chi connectivity index (χ2n) is 11.1. The van der Waals surface area contributed by atoms with Gasteiger partial charge in [-0.05, 0) is 74.1 Å². The molecule has 1 aliphatic heterocycles. The van der Waals surface area contributed by atoms with E-state index in [9.17, 15) is 0 Å². The van der Waals surface area contributed by atoms with E-state index in [1.807, 2.05) is 0 Å². The number of nitrogens with zero attached hydrogens (tertiary/aromatic N) is 2. The van der Waals surface area contributed by atoms with Gasteiger partial charge in [0.2, 0.25) is 0 Å². The Morgan fingerprint density at radius 3 is 2.48 bits per heavy atom. The van der Waals surface area contributed by atoms with Crippen molar-refractivity contribution in [2.45, 2.75) is 70.8 Å². The molecule has 0 saturated carbocycles. The van der Waals surface area contributed by atoms with E-state index >= 15 is 0 Å². The Bertz CT molecular complexity index is 1030. The van der Waals surface area contributed by atoms with Crippen molar-refractivity contribution in [1.82, 2.24) is 15.1 Å². The monoisotopic (exact) mass is 418 g/mol. The average molecular weight is 419 g/mol. The van der Waals surface area contributed by atoms with E-state index in [2.05, 4.69) is 105 Å². The van der Waals surface area contributed by atoms with Crippen molar-refractivity contribution in [3.05, 3.63) is 59.3 Å². The highest BCUT2D eigenvalue weighted by Crippen LogP contribution is 2.33. The van der Waals surface area contributed by atoms with Gasteiger partial charge in [-0.2, -0.15) is 5.10 Å². The largest absolute Gasteiger partial charge is 0.382 e. The van der Waals surface area contributed by atoms with Gasteiger partial charge in [0.25, 0.3) is 0 Å². The van der Waals surface area contributed by atoms with Crippen LogP contribution in [-0.2, 0) is 17.3 Å². The van der Waals surface area contributed by atoms with Crippen LogP contribution in [0.1, 0.15) is 64.3 Å². The number of rotatable bonds is 5. The van der Waals surface area contributed by atoms with Crippen molar-refractivity contribution >= 4 is 16.6 Å². The first-order valence-corrected chi connectivity index (χ1v) is 11.6. The number of anilines is 1. The quantitative estimate of drug-likeness (QED) is 0.543. The van der Waals surface area contributed by atoms with Gasteiger partial charge in [0.05, 0.1) is 5.52 Å². The molecule has 0 unspecified atom stereocenters. The first-order valence-electron chi connectivity index (χ1n) is 11.6. The Labute approximate surface area is 187 Å². The summed E-state index contributed by atoms with van der Waals surface area (Å²) in [5.74, 6) is 0. The van der Waals surface area contributed by atoms with Crippen LogP contribution in [0.4, 0.5) is 5.69 Å². The standard InChI is InChI=1S/C27H38N4/c1-26(2,3)25-23-11-10-19(16-24(23)29-30-25)18-27(4,5)20-8-7-9-22(17-20)28-21-12-14-31(6)15-13-21/h7-11,16-17,21,28H,12-15,18H2,1-6H3,(H,29,30). The van der Waals surface area contributed by atoms with Gasteiger partial charge in [-0.25, -0.2) is 0 Å². The van der Waals surface area contributed by atoms with Gasteiger partial charge in [-0.3, -0.25) is 5.10 Å². The number of aromatic nitrogens is 2. The van der Waals surface area contributed by atoms with E-state index < -0.39 is 0 Å². The predicted molar refractivity (Wildman–Crippen MR) is 132 cm³/mol. The summed E-state index contributed by atoms with van der Waals surface area (Å²) in [6, 6.07) is 16.4. The number of likely N-dealkylation sites (tertiary alicyclic amines) is 1. The van der Waals surface area contributed by atoms with Crippen molar-refractivity contribution in [3.8, 4) is 0 Å². The summed E-state index contributed by atoms with van der Waals surface area (Å²) in [6.45, 7) is 13.7. The van der Waals surface area contributed by atoms with Crippen molar-refractivity contribution < 1.29 is 0 Å². The molecule has 1 saturated heterocycles. The SMILES string of the molecule is CN1CCC(Nc2cccc(C(C)(C)Cc3ccc4c(C(C)(C)C)[nH]nc4c3)c2)CC1. The molecule has 0 amide bonds. The summed E-state index contributed by atoms with van der Waals surface area (Å²) in [7, 11) is 2.21. The molecule has 0 spiro atoms. The van der Waals surface area contributed by atoms with Crippen LogP contribution < -0.4 is 5.32 Å². The third kappa shape index (κ3) is 4.95. The molecule has 2 aromatic carbocycles. The Morgan fingerprint density at radius 2 is 1.77 bits per heavy atom. The number of hydrogen-bond donors (Lipinski definition) is 2. The fraction of sp³-hybridized carbons (Fsp3) is 0.519. The molecule has 0 bridgehead atoms. The minimum atomic E-state index is 0.0430. The smallest absolute Gasteiger partial charge is 0.0926 e. The minimum absolute atomic E-state index is 0.0430. The van der Waals surface area contributed by atoms with Crippen LogP contribution >= 0.6 is 0 Å². The number of piperidine rings is 1. The van der Waals surface area contributed by atoms with Gasteiger partial charge in [0.15, 0.2) is 0 Å². The van der Waals surface area contributed by atoms with Crippen LogP contribution in [-0.4, -0.2) is 41.3 Å². The van der Waals surface area contributed by atoms with Crippen LogP contribution in [0.25, 0.3) is 10.9 Å². The average Bonchev–Trinajstić information content (AvgIpc) is 3.13. The van der Waals surface area contributed by atoms with E-state index in [4.69, 9.17) is 0 Å². The lowest BCUT2D eigenvalue weighted by Crippen LogP contribution is -2.36. The zero-order chi connectivity index (χ0) is 22.2. The normalized spacial score (nSPS) is 16.7. The third-order valence-corrected chi connectivity index (χ3v) is 6.75. The van der Waals surface area contributed by atoms with E-state index in [-0.39, 0.29) is 10.8 Å². The summed E-state index contributed by atoms with van der Waals surface area (Å²) in [5, 5.41) is 12.9. The molecule has 4 nitrogen and oxygen atoms in total. The van der Waals surface area contributed by atoms with Crippen LogP contribution in [0.5, 0.6) is 0 Å². The van der Waals surface area contributed by atoms with Gasteiger partial charge < -0.3 is 10.2 Å². The Balaban J connectivity index is 1.51. The molecule has 31 heavy (non-hydrogen) atoms. The lowest BCUT2D eigenvalue weighted by molar-refractivity contribution is 0.264. The molecule has 0 aliphatic carbocycles. The second kappa shape index (κ2) is 8.31. The molecule has 0 radical (unpaired) electrons. The van der Waals surface area contributed by atoms with Crippen LogP contribution in [0, 0.1) is 0 Å². The maximum absolute atomic E-state index is 4.59. The zero-order valence-corrected chi connectivity index (χ0v) is 20.0. The van der Waals surface area contributed by atoms with Gasteiger partial charge in [0, 0.05) is 28.2 Å². The van der Waals surface area contributed by atoms with Gasteiger partial charge in [-0.1, -0.05) is 58.9 Å². The molecule has 166 valence electrons. The Kier molecular flexibility index (Phi) is 5.87. The summed E-state index contributed by atoms with van der Waals surface area (Å²) in [4.78, 5) is 2.42. The molecule has 3 aromatic rings. The Hall–Kier alpha value is -2.33. The van der Waals surface area contributed by atoms with Crippen molar-refractivity contribution in [1.29, 1.82) is 0 Å². The van der Waals surface area contributed by atoms with Gasteiger partial charge in [0.1, 0.15) is 0 Å². The second-order valence-corrected chi connectivity index (χ2v) is 11.1. The van der Waals surface area contributed by atoms with Crippen LogP contribution in [0.2, 0.25) is 0 Å². The zero-order valence-electron chi connectivity index (χ0n) is 20.0. The van der Waals surface area contributed by atoms with Crippen LogP contribution in [0.15, 0.2) is 42.5 Å². The topological polar surface area (TPSA) is 44.0 Å².